The number of thiazole rings is 1. The molecule has 2 aromatic rings. The van der Waals surface area contributed by atoms with Gasteiger partial charge in [-0.15, -0.1) is 0 Å². The molecule has 0 amide bonds. The zero-order chi connectivity index (χ0) is 11.1. The number of carboxylic acid groups (broad SMARTS) is 1. The van der Waals surface area contributed by atoms with Gasteiger partial charge in [0.15, 0.2) is 5.13 Å². The van der Waals surface area contributed by atoms with E-state index in [4.69, 9.17) is 5.11 Å². The van der Waals surface area contributed by atoms with Crippen molar-refractivity contribution in [2.75, 3.05) is 5.32 Å². The fourth-order valence-electron chi connectivity index (χ4n) is 1.59. The van der Waals surface area contributed by atoms with Gasteiger partial charge in [0.2, 0.25) is 0 Å². The van der Waals surface area contributed by atoms with Crippen molar-refractivity contribution in [2.24, 2.45) is 0 Å². The summed E-state index contributed by atoms with van der Waals surface area (Å²) in [6.45, 7) is 0. The summed E-state index contributed by atoms with van der Waals surface area (Å²) < 4.78 is 0.919. The summed E-state index contributed by atoms with van der Waals surface area (Å²) in [7, 11) is 0. The number of hydrogen-bond donors (Lipinski definition) is 2. The molecule has 1 aliphatic carbocycles. The fraction of sp³-hybridized carbons (Fsp3) is 0.273. The molecule has 0 bridgehead atoms. The molecule has 16 heavy (non-hydrogen) atoms. The van der Waals surface area contributed by atoms with Gasteiger partial charge in [0.25, 0.3) is 0 Å². The van der Waals surface area contributed by atoms with Gasteiger partial charge in [-0.2, -0.15) is 0 Å². The summed E-state index contributed by atoms with van der Waals surface area (Å²) in [6, 6.07) is 5.78. The minimum absolute atomic E-state index is 0.276. The van der Waals surface area contributed by atoms with Crippen molar-refractivity contribution < 1.29 is 9.90 Å². The highest BCUT2D eigenvalue weighted by molar-refractivity contribution is 7.22. The fourth-order valence-corrected chi connectivity index (χ4v) is 2.55. The number of carbonyl (C=O) groups is 1. The Morgan fingerprint density at radius 3 is 3.00 bits per heavy atom. The van der Waals surface area contributed by atoms with E-state index in [2.05, 4.69) is 10.3 Å². The van der Waals surface area contributed by atoms with E-state index in [1.165, 1.54) is 24.2 Å². The summed E-state index contributed by atoms with van der Waals surface area (Å²) in [5.74, 6) is -0.922. The highest BCUT2D eigenvalue weighted by Crippen LogP contribution is 2.32. The van der Waals surface area contributed by atoms with Crippen LogP contribution in [0.4, 0.5) is 5.13 Å². The molecule has 1 fully saturated rings. The number of benzene rings is 1. The number of hydrogen-bond acceptors (Lipinski definition) is 4. The molecular weight excluding hydrogens is 224 g/mol. The van der Waals surface area contributed by atoms with Gasteiger partial charge in [-0.1, -0.05) is 17.4 Å². The van der Waals surface area contributed by atoms with Crippen molar-refractivity contribution in [1.29, 1.82) is 0 Å². The summed E-state index contributed by atoms with van der Waals surface area (Å²) in [5, 5.41) is 13.1. The number of nitrogens with zero attached hydrogens (tertiary/aromatic N) is 1. The molecule has 1 aromatic heterocycles. The molecule has 82 valence electrons. The highest BCUT2D eigenvalue weighted by atomic mass is 32.1. The number of nitrogens with one attached hydrogen (secondary N) is 1. The lowest BCUT2D eigenvalue weighted by atomic mass is 10.2. The molecule has 3 rings (SSSR count). The second-order valence-electron chi connectivity index (χ2n) is 3.90. The lowest BCUT2D eigenvalue weighted by molar-refractivity contribution is 0.0699. The van der Waals surface area contributed by atoms with E-state index in [9.17, 15) is 4.79 Å². The van der Waals surface area contributed by atoms with Gasteiger partial charge in [0.05, 0.1) is 15.8 Å². The Morgan fingerprint density at radius 1 is 1.50 bits per heavy atom. The summed E-state index contributed by atoms with van der Waals surface area (Å²) in [5.41, 5.74) is 0.862. The van der Waals surface area contributed by atoms with Crippen molar-refractivity contribution in [3.05, 3.63) is 23.8 Å². The predicted molar refractivity (Wildman–Crippen MR) is 63.2 cm³/mol. The molecular formula is C11H10N2O2S. The van der Waals surface area contributed by atoms with Gasteiger partial charge in [0.1, 0.15) is 0 Å². The number of para-hydroxylation sites is 1. The molecule has 0 unspecified atom stereocenters. The van der Waals surface area contributed by atoms with Crippen LogP contribution >= 0.6 is 11.3 Å². The van der Waals surface area contributed by atoms with Gasteiger partial charge >= 0.3 is 5.97 Å². The van der Waals surface area contributed by atoms with Crippen molar-refractivity contribution in [3.8, 4) is 0 Å². The van der Waals surface area contributed by atoms with E-state index >= 15 is 0 Å². The Balaban J connectivity index is 2.07. The van der Waals surface area contributed by atoms with Crippen LogP contribution < -0.4 is 5.32 Å². The lowest BCUT2D eigenvalue weighted by Gasteiger charge is -1.95. The number of fused-ring (bicyclic) bond motifs is 1. The van der Waals surface area contributed by atoms with E-state index in [-0.39, 0.29) is 5.56 Å². The van der Waals surface area contributed by atoms with Crippen LogP contribution in [0.1, 0.15) is 23.2 Å². The topological polar surface area (TPSA) is 62.2 Å². The van der Waals surface area contributed by atoms with Gasteiger partial charge in [-0.25, -0.2) is 9.78 Å². The molecule has 0 radical (unpaired) electrons. The van der Waals surface area contributed by atoms with Crippen LogP contribution in [-0.2, 0) is 0 Å². The molecule has 0 spiro atoms. The largest absolute Gasteiger partial charge is 0.478 e. The molecule has 1 saturated carbocycles. The van der Waals surface area contributed by atoms with Crippen molar-refractivity contribution in [2.45, 2.75) is 18.9 Å². The minimum atomic E-state index is -0.922. The number of anilines is 1. The zero-order valence-electron chi connectivity index (χ0n) is 8.43. The first-order chi connectivity index (χ1) is 7.74. The summed E-state index contributed by atoms with van der Waals surface area (Å²) in [4.78, 5) is 15.3. The van der Waals surface area contributed by atoms with E-state index < -0.39 is 5.97 Å². The average Bonchev–Trinajstić information content (AvgIpc) is 2.95. The standard InChI is InChI=1S/C11H10N2O2S/c14-10(15)7-2-1-3-8-9(7)13-11(16-8)12-6-4-5-6/h1-3,6H,4-5H2,(H,12,13)(H,14,15). The number of rotatable bonds is 3. The van der Waals surface area contributed by atoms with Crippen LogP contribution in [-0.4, -0.2) is 22.1 Å². The Hall–Kier alpha value is -1.62. The Morgan fingerprint density at radius 2 is 2.31 bits per heavy atom. The third-order valence-electron chi connectivity index (χ3n) is 2.55. The first-order valence-electron chi connectivity index (χ1n) is 5.13. The van der Waals surface area contributed by atoms with Crippen molar-refractivity contribution in [3.63, 3.8) is 0 Å². The molecule has 1 heterocycles. The van der Waals surface area contributed by atoms with Crippen LogP contribution in [0, 0.1) is 0 Å². The number of aromatic nitrogens is 1. The minimum Gasteiger partial charge on any atom is -0.478 e. The Bertz CT molecular complexity index is 560. The van der Waals surface area contributed by atoms with Crippen LogP contribution in [0.5, 0.6) is 0 Å². The van der Waals surface area contributed by atoms with Gasteiger partial charge < -0.3 is 10.4 Å². The van der Waals surface area contributed by atoms with Gasteiger partial charge in [-0.3, -0.25) is 0 Å². The normalized spacial score (nSPS) is 15.2. The monoisotopic (exact) mass is 234 g/mol. The van der Waals surface area contributed by atoms with E-state index in [0.717, 1.165) is 9.83 Å². The average molecular weight is 234 g/mol. The highest BCUT2D eigenvalue weighted by Gasteiger charge is 2.22. The number of aromatic carboxylic acids is 1. The quantitative estimate of drug-likeness (QED) is 0.856. The second-order valence-corrected chi connectivity index (χ2v) is 4.93. The van der Waals surface area contributed by atoms with Crippen LogP contribution in [0.15, 0.2) is 18.2 Å². The molecule has 0 saturated heterocycles. The van der Waals surface area contributed by atoms with E-state index in [1.54, 1.807) is 12.1 Å². The first kappa shape index (κ1) is 9.59. The van der Waals surface area contributed by atoms with E-state index in [0.29, 0.717) is 11.6 Å². The molecule has 4 nitrogen and oxygen atoms in total. The van der Waals surface area contributed by atoms with Crippen molar-refractivity contribution >= 4 is 32.7 Å². The molecule has 5 heteroatoms. The maximum absolute atomic E-state index is 11.0. The number of carboxylic acids is 1. The molecule has 1 aliphatic rings. The zero-order valence-corrected chi connectivity index (χ0v) is 9.25. The maximum atomic E-state index is 11.0. The first-order valence-corrected chi connectivity index (χ1v) is 5.95. The molecule has 0 atom stereocenters. The van der Waals surface area contributed by atoms with E-state index in [1.807, 2.05) is 6.07 Å². The Labute approximate surface area is 95.9 Å². The predicted octanol–water partition coefficient (Wildman–Crippen LogP) is 2.57. The van der Waals surface area contributed by atoms with Gasteiger partial charge in [0, 0.05) is 6.04 Å². The molecule has 2 N–H and O–H groups in total. The smallest absolute Gasteiger partial charge is 0.337 e. The second kappa shape index (κ2) is 3.45. The maximum Gasteiger partial charge on any atom is 0.337 e. The van der Waals surface area contributed by atoms with Crippen LogP contribution in [0.3, 0.4) is 0 Å². The van der Waals surface area contributed by atoms with Crippen LogP contribution in [0.2, 0.25) is 0 Å². The third kappa shape index (κ3) is 1.63. The summed E-state index contributed by atoms with van der Waals surface area (Å²) in [6.07, 6.45) is 2.36. The SMILES string of the molecule is O=C(O)c1cccc2sc(NC3CC3)nc12. The van der Waals surface area contributed by atoms with Gasteiger partial charge in [-0.05, 0) is 25.0 Å². The lowest BCUT2D eigenvalue weighted by Crippen LogP contribution is -2.00. The van der Waals surface area contributed by atoms with Crippen molar-refractivity contribution in [1.82, 2.24) is 4.98 Å². The third-order valence-corrected chi connectivity index (χ3v) is 3.51. The molecule has 1 aromatic carbocycles. The summed E-state index contributed by atoms with van der Waals surface area (Å²) >= 11 is 1.51. The Kier molecular flexibility index (Phi) is 2.07. The molecule has 0 aliphatic heterocycles. The van der Waals surface area contributed by atoms with Crippen LogP contribution in [0.25, 0.3) is 10.2 Å².